The van der Waals surface area contributed by atoms with Gasteiger partial charge < -0.3 is 25.5 Å². The summed E-state index contributed by atoms with van der Waals surface area (Å²) in [6.07, 6.45) is 2.24. The summed E-state index contributed by atoms with van der Waals surface area (Å²) < 4.78 is 0.785. The third-order valence-electron chi connectivity index (χ3n) is 5.92. The number of nitrogens with two attached hydrogens (primary N) is 1. The molecular weight excluding hydrogens is 456 g/mol. The minimum absolute atomic E-state index is 0.0496. The number of aromatic nitrogens is 1. The highest BCUT2D eigenvalue weighted by Crippen LogP contribution is 2.41. The molecule has 1 aromatic heterocycles. The topological polar surface area (TPSA) is 147 Å². The van der Waals surface area contributed by atoms with E-state index in [1.165, 1.54) is 23.8 Å². The van der Waals surface area contributed by atoms with Gasteiger partial charge in [-0.3, -0.25) is 14.5 Å². The number of hydrogen-bond acceptors (Lipinski definition) is 9. The van der Waals surface area contributed by atoms with Crippen LogP contribution in [0.15, 0.2) is 21.8 Å². The van der Waals surface area contributed by atoms with Crippen molar-refractivity contribution < 1.29 is 28.8 Å². The molecule has 0 aromatic carbocycles. The number of likely N-dealkylation sites (tertiary alicyclic amines) is 1. The molecule has 172 valence electrons. The molecule has 11 nitrogen and oxygen atoms in total. The van der Waals surface area contributed by atoms with Crippen molar-refractivity contribution in [2.75, 3.05) is 45.3 Å². The summed E-state index contributed by atoms with van der Waals surface area (Å²) >= 11 is 2.61. The van der Waals surface area contributed by atoms with Gasteiger partial charge >= 0.3 is 5.97 Å². The molecule has 32 heavy (non-hydrogen) atoms. The maximum absolute atomic E-state index is 12.9. The first-order chi connectivity index (χ1) is 15.2. The lowest BCUT2D eigenvalue weighted by molar-refractivity contribution is -0.893. The summed E-state index contributed by atoms with van der Waals surface area (Å²) in [6.45, 7) is 2.61. The number of aliphatic carboxylic acids is 1. The first-order valence-electron chi connectivity index (χ1n) is 10.1. The van der Waals surface area contributed by atoms with Gasteiger partial charge in [0.15, 0.2) is 10.8 Å². The van der Waals surface area contributed by atoms with Crippen LogP contribution in [-0.2, 0) is 19.2 Å². The molecular formula is C19H25N6O5S2+. The number of nitrogen functional groups attached to an aromatic ring is 1. The number of quaternary nitrogens is 1. The molecule has 4 N–H and O–H groups in total. The van der Waals surface area contributed by atoms with Crippen LogP contribution in [0.25, 0.3) is 0 Å². The number of anilines is 1. The van der Waals surface area contributed by atoms with E-state index in [1.807, 2.05) is 0 Å². The van der Waals surface area contributed by atoms with Crippen molar-refractivity contribution >= 4 is 51.7 Å². The van der Waals surface area contributed by atoms with Gasteiger partial charge in [-0.1, -0.05) is 5.16 Å². The highest BCUT2D eigenvalue weighted by atomic mass is 32.2. The average Bonchev–Trinajstić information content (AvgIpc) is 3.37. The summed E-state index contributed by atoms with van der Waals surface area (Å²) in [5, 5.41) is 17.6. The van der Waals surface area contributed by atoms with Gasteiger partial charge in [0.2, 0.25) is 0 Å². The maximum Gasteiger partial charge on any atom is 0.352 e. The number of fused-ring (bicyclic) bond motifs is 1. The van der Waals surface area contributed by atoms with E-state index in [9.17, 15) is 19.5 Å². The van der Waals surface area contributed by atoms with Crippen LogP contribution < -0.4 is 11.1 Å². The quantitative estimate of drug-likeness (QED) is 0.214. The number of carboxylic acids is 1. The Labute approximate surface area is 192 Å². The van der Waals surface area contributed by atoms with Crippen LogP contribution in [0, 0.1) is 0 Å². The molecule has 0 bridgehead atoms. The lowest BCUT2D eigenvalue weighted by Crippen LogP contribution is -2.71. The zero-order valence-corrected chi connectivity index (χ0v) is 19.4. The van der Waals surface area contributed by atoms with Crippen molar-refractivity contribution in [3.63, 3.8) is 0 Å². The summed E-state index contributed by atoms with van der Waals surface area (Å²) in [7, 11) is 3.42. The van der Waals surface area contributed by atoms with Crippen LogP contribution in [0.3, 0.4) is 0 Å². The molecule has 0 spiro atoms. The van der Waals surface area contributed by atoms with Gasteiger partial charge in [0.25, 0.3) is 11.8 Å². The van der Waals surface area contributed by atoms with E-state index in [0.29, 0.717) is 12.3 Å². The first-order valence-corrected chi connectivity index (χ1v) is 12.0. The number of hydrogen-bond donors (Lipinski definition) is 3. The molecule has 2 fully saturated rings. The molecule has 0 radical (unpaired) electrons. The number of rotatable bonds is 7. The molecule has 2 saturated heterocycles. The Morgan fingerprint density at radius 1 is 1.44 bits per heavy atom. The SMILES string of the molecule is CO/N=C(\C(=O)N[C@H]1C(=O)N2C(C(=O)O)=C(C[N+]3(C)CCCC3)CS[C@H]12)c1csc(N)n1. The molecule has 1 aromatic rings. The number of thiazole rings is 1. The fourth-order valence-electron chi connectivity index (χ4n) is 4.42. The third-order valence-corrected chi connectivity index (χ3v) is 7.93. The Hall–Kier alpha value is -2.64. The fraction of sp³-hybridized carbons (Fsp3) is 0.526. The predicted octanol–water partition coefficient (Wildman–Crippen LogP) is 0.0548. The number of likely N-dealkylation sites (N-methyl/N-ethyl adjacent to an activating group) is 1. The molecule has 4 heterocycles. The number of nitrogens with one attached hydrogen (secondary N) is 1. The molecule has 4 rings (SSSR count). The van der Waals surface area contributed by atoms with Crippen molar-refractivity contribution in [1.82, 2.24) is 15.2 Å². The van der Waals surface area contributed by atoms with E-state index in [1.54, 1.807) is 5.38 Å². The number of amides is 2. The summed E-state index contributed by atoms with van der Waals surface area (Å²) in [6, 6.07) is -0.863. The second-order valence-corrected chi connectivity index (χ2v) is 10.2. The lowest BCUT2D eigenvalue weighted by atomic mass is 10.0. The van der Waals surface area contributed by atoms with Gasteiger partial charge in [-0.15, -0.1) is 23.1 Å². The third kappa shape index (κ3) is 4.07. The smallest absolute Gasteiger partial charge is 0.352 e. The second kappa shape index (κ2) is 8.71. The molecule has 2 amide bonds. The predicted molar refractivity (Wildman–Crippen MR) is 120 cm³/mol. The van der Waals surface area contributed by atoms with Crippen LogP contribution in [0.1, 0.15) is 18.5 Å². The Bertz CT molecular complexity index is 1020. The Morgan fingerprint density at radius 2 is 2.16 bits per heavy atom. The van der Waals surface area contributed by atoms with Crippen LogP contribution in [0.2, 0.25) is 0 Å². The normalized spacial score (nSPS) is 24.8. The zero-order chi connectivity index (χ0) is 23.0. The van der Waals surface area contributed by atoms with E-state index in [0.717, 1.165) is 47.3 Å². The van der Waals surface area contributed by atoms with E-state index < -0.39 is 29.2 Å². The van der Waals surface area contributed by atoms with E-state index in [4.69, 9.17) is 10.6 Å². The summed E-state index contributed by atoms with van der Waals surface area (Å²) in [5.41, 5.74) is 6.59. The number of carbonyl (C=O) groups is 3. The summed E-state index contributed by atoms with van der Waals surface area (Å²) in [4.78, 5) is 47.9. The number of thioether (sulfide) groups is 1. The second-order valence-electron chi connectivity index (χ2n) is 8.24. The summed E-state index contributed by atoms with van der Waals surface area (Å²) in [5.74, 6) is -1.71. The first kappa shape index (κ1) is 22.6. The number of nitrogens with zero attached hydrogens (tertiary/aromatic N) is 4. The number of carboxylic acid groups (broad SMARTS) is 1. The van der Waals surface area contributed by atoms with Gasteiger partial charge in [0, 0.05) is 29.5 Å². The standard InChI is InChI=1S/C19H24N6O5S2/c1-25(5-3-4-6-25)7-10-8-31-17-13(16(27)24(17)14(10)18(28)29)22-15(26)12(23-30-2)11-9-32-19(20)21-11/h9,13,17H,3-8H2,1-2H3,(H3-,20,21,22,26,28,29)/p+1/b23-12-/t13-,17+/m0/s1. The van der Waals surface area contributed by atoms with Crippen LogP contribution >= 0.6 is 23.1 Å². The number of β-lactam (4-membered cyclic amide) rings is 1. The van der Waals surface area contributed by atoms with Crippen molar-refractivity contribution in [1.29, 1.82) is 0 Å². The Balaban J connectivity index is 1.52. The van der Waals surface area contributed by atoms with Gasteiger partial charge in [-0.25, -0.2) is 9.78 Å². The van der Waals surface area contributed by atoms with Crippen LogP contribution in [0.5, 0.6) is 0 Å². The molecule has 0 saturated carbocycles. The molecule has 13 heteroatoms. The molecule has 2 atom stereocenters. The average molecular weight is 482 g/mol. The van der Waals surface area contributed by atoms with Gasteiger partial charge in [-0.05, 0) is 0 Å². The van der Waals surface area contributed by atoms with Gasteiger partial charge in [0.05, 0.1) is 20.1 Å². The fourth-order valence-corrected chi connectivity index (χ4v) is 6.31. The Morgan fingerprint density at radius 3 is 2.75 bits per heavy atom. The van der Waals surface area contributed by atoms with Crippen LogP contribution in [-0.4, -0.2) is 93.9 Å². The largest absolute Gasteiger partial charge is 0.477 e. The molecule has 3 aliphatic heterocycles. The van der Waals surface area contributed by atoms with Crippen LogP contribution in [0.4, 0.5) is 5.13 Å². The highest BCUT2D eigenvalue weighted by molar-refractivity contribution is 8.00. The number of oxime groups is 1. The van der Waals surface area contributed by atoms with E-state index in [2.05, 4.69) is 22.5 Å². The van der Waals surface area contributed by atoms with Crippen molar-refractivity contribution in [2.45, 2.75) is 24.3 Å². The molecule has 0 aliphatic carbocycles. The minimum atomic E-state index is -1.12. The zero-order valence-electron chi connectivity index (χ0n) is 17.7. The highest BCUT2D eigenvalue weighted by Gasteiger charge is 2.55. The monoisotopic (exact) mass is 481 g/mol. The van der Waals surface area contributed by atoms with Gasteiger partial charge in [0.1, 0.15) is 36.5 Å². The van der Waals surface area contributed by atoms with Crippen molar-refractivity contribution in [3.8, 4) is 0 Å². The molecule has 0 unspecified atom stereocenters. The minimum Gasteiger partial charge on any atom is -0.477 e. The van der Waals surface area contributed by atoms with E-state index in [-0.39, 0.29) is 22.2 Å². The number of carbonyl (C=O) groups excluding carboxylic acids is 2. The molecule has 3 aliphatic rings. The maximum atomic E-state index is 12.9. The van der Waals surface area contributed by atoms with Crippen molar-refractivity contribution in [2.24, 2.45) is 5.16 Å². The van der Waals surface area contributed by atoms with Crippen molar-refractivity contribution in [3.05, 3.63) is 22.3 Å². The van der Waals surface area contributed by atoms with E-state index >= 15 is 0 Å². The lowest BCUT2D eigenvalue weighted by Gasteiger charge is -2.49. The Kier molecular flexibility index (Phi) is 6.14. The van der Waals surface area contributed by atoms with Gasteiger partial charge in [-0.2, -0.15) is 0 Å².